The monoisotopic (exact) mass is 330 g/mol. The van der Waals surface area contributed by atoms with Crippen LogP contribution >= 0.6 is 0 Å². The van der Waals surface area contributed by atoms with E-state index in [0.717, 1.165) is 44.5 Å². The van der Waals surface area contributed by atoms with Gasteiger partial charge in [0.1, 0.15) is 5.82 Å². The summed E-state index contributed by atoms with van der Waals surface area (Å²) >= 11 is 0. The number of hydrogen-bond donors (Lipinski definition) is 3. The quantitative estimate of drug-likeness (QED) is 0.438. The number of amides is 2. The van der Waals surface area contributed by atoms with E-state index in [0.29, 0.717) is 12.2 Å². The number of nitrogens with zero attached hydrogens (tertiary/aromatic N) is 2. The van der Waals surface area contributed by atoms with Crippen molar-refractivity contribution in [3.05, 3.63) is 30.0 Å². The number of hydrogen-bond acceptors (Lipinski definition) is 5. The molecule has 0 radical (unpaired) electrons. The van der Waals surface area contributed by atoms with Crippen molar-refractivity contribution in [1.82, 2.24) is 15.8 Å². The Morgan fingerprint density at radius 1 is 1.33 bits per heavy atom. The van der Waals surface area contributed by atoms with Crippen molar-refractivity contribution in [2.75, 3.05) is 24.5 Å². The number of aromatic nitrogens is 1. The minimum atomic E-state index is -0.599. The third-order valence-electron chi connectivity index (χ3n) is 4.91. The van der Waals surface area contributed by atoms with Crippen molar-refractivity contribution in [3.8, 4) is 0 Å². The third-order valence-corrected chi connectivity index (χ3v) is 4.91. The molecule has 2 aliphatic rings. The fraction of sp³-hybridized carbons (Fsp3) is 0.471. The second kappa shape index (κ2) is 7.11. The molecule has 2 fully saturated rings. The number of carbonyl (C=O) groups is 2. The highest BCUT2D eigenvalue weighted by atomic mass is 16.5. The van der Waals surface area contributed by atoms with Gasteiger partial charge in [0.25, 0.3) is 5.91 Å². The smallest absolute Gasteiger partial charge is 0.267 e. The number of carbonyl (C=O) groups excluding carboxylic acids is 2. The number of pyridine rings is 1. The molecule has 2 amide bonds. The predicted molar refractivity (Wildman–Crippen MR) is 89.3 cm³/mol. The molecule has 0 atom stereocenters. The van der Waals surface area contributed by atoms with E-state index >= 15 is 0 Å². The lowest BCUT2D eigenvalue weighted by Crippen LogP contribution is -2.51. The molecule has 24 heavy (non-hydrogen) atoms. The summed E-state index contributed by atoms with van der Waals surface area (Å²) < 4.78 is 0. The van der Waals surface area contributed by atoms with Crippen LogP contribution in [-0.4, -0.2) is 41.6 Å². The Morgan fingerprint density at radius 3 is 2.79 bits per heavy atom. The molecular weight excluding hydrogens is 308 g/mol. The van der Waals surface area contributed by atoms with E-state index in [1.807, 2.05) is 0 Å². The summed E-state index contributed by atoms with van der Waals surface area (Å²) in [4.78, 5) is 29.5. The molecular formula is C17H22N4O3. The van der Waals surface area contributed by atoms with Gasteiger partial charge in [-0.15, -0.1) is 0 Å². The highest BCUT2D eigenvalue weighted by molar-refractivity contribution is 5.93. The topological polar surface area (TPSA) is 94.6 Å². The lowest BCUT2D eigenvalue weighted by atomic mass is 9.73. The summed E-state index contributed by atoms with van der Waals surface area (Å²) in [5, 5.41) is 11.8. The molecule has 2 saturated heterocycles. The average Bonchev–Trinajstić information content (AvgIpc) is 2.63. The van der Waals surface area contributed by atoms with Gasteiger partial charge >= 0.3 is 0 Å². The van der Waals surface area contributed by atoms with Crippen LogP contribution in [0.3, 0.4) is 0 Å². The second-order valence-electron chi connectivity index (χ2n) is 6.49. The average molecular weight is 330 g/mol. The van der Waals surface area contributed by atoms with Gasteiger partial charge in [-0.25, -0.2) is 10.5 Å². The Labute approximate surface area is 140 Å². The van der Waals surface area contributed by atoms with Crippen molar-refractivity contribution >= 4 is 23.7 Å². The van der Waals surface area contributed by atoms with Crippen molar-refractivity contribution in [3.63, 3.8) is 0 Å². The Kier molecular flexibility index (Phi) is 4.92. The molecule has 7 heteroatoms. The van der Waals surface area contributed by atoms with Crippen LogP contribution in [0.15, 0.2) is 24.4 Å². The summed E-state index contributed by atoms with van der Waals surface area (Å²) in [5.41, 5.74) is 2.47. The molecule has 0 unspecified atom stereocenters. The van der Waals surface area contributed by atoms with Crippen molar-refractivity contribution in [1.29, 1.82) is 0 Å². The van der Waals surface area contributed by atoms with E-state index in [4.69, 9.17) is 5.21 Å². The highest BCUT2D eigenvalue weighted by Gasteiger charge is 2.40. The molecule has 0 aromatic carbocycles. The van der Waals surface area contributed by atoms with Crippen LogP contribution in [-0.2, 0) is 9.59 Å². The first-order valence-electron chi connectivity index (χ1n) is 8.21. The largest absolute Gasteiger partial charge is 0.317 e. The van der Waals surface area contributed by atoms with Crippen LogP contribution in [0.1, 0.15) is 31.2 Å². The molecule has 3 heterocycles. The first-order valence-corrected chi connectivity index (χ1v) is 8.21. The normalized spacial score (nSPS) is 20.5. The number of anilines is 1. The Hall–Kier alpha value is -2.25. The standard InChI is InChI=1S/C17H22N4O3/c22-15(20-24)4-2-13-1-3-14(19-11-13)21-12-17(6-5-16(21)23)7-9-18-10-8-17/h1-4,11,18,24H,5-10,12H2,(H,20,22)/b4-2+. The third kappa shape index (κ3) is 3.63. The van der Waals surface area contributed by atoms with Gasteiger partial charge in [0.2, 0.25) is 5.91 Å². The van der Waals surface area contributed by atoms with E-state index in [1.54, 1.807) is 29.3 Å². The summed E-state index contributed by atoms with van der Waals surface area (Å²) in [6.07, 6.45) is 8.09. The molecule has 1 aromatic heterocycles. The van der Waals surface area contributed by atoms with Crippen LogP contribution in [0.2, 0.25) is 0 Å². The molecule has 3 rings (SSSR count). The van der Waals surface area contributed by atoms with Crippen LogP contribution in [0.25, 0.3) is 6.08 Å². The molecule has 128 valence electrons. The Bertz CT molecular complexity index is 636. The Balaban J connectivity index is 1.73. The predicted octanol–water partition coefficient (Wildman–Crippen LogP) is 1.10. The van der Waals surface area contributed by atoms with Gasteiger partial charge < -0.3 is 5.32 Å². The van der Waals surface area contributed by atoms with Crippen molar-refractivity contribution < 1.29 is 14.8 Å². The van der Waals surface area contributed by atoms with E-state index in [1.165, 1.54) is 11.6 Å². The molecule has 0 aliphatic carbocycles. The fourth-order valence-corrected chi connectivity index (χ4v) is 3.45. The maximum Gasteiger partial charge on any atom is 0.267 e. The minimum Gasteiger partial charge on any atom is -0.317 e. The first-order chi connectivity index (χ1) is 11.6. The molecule has 1 spiro atoms. The van der Waals surface area contributed by atoms with Crippen LogP contribution in [0.4, 0.5) is 5.82 Å². The number of rotatable bonds is 3. The van der Waals surface area contributed by atoms with Gasteiger partial charge in [-0.3, -0.25) is 19.7 Å². The van der Waals surface area contributed by atoms with E-state index in [-0.39, 0.29) is 11.3 Å². The maximum atomic E-state index is 12.3. The zero-order valence-electron chi connectivity index (χ0n) is 13.5. The molecule has 0 saturated carbocycles. The lowest BCUT2D eigenvalue weighted by Gasteiger charge is -2.44. The molecule has 1 aromatic rings. The fourth-order valence-electron chi connectivity index (χ4n) is 3.45. The molecule has 0 bridgehead atoms. The molecule has 2 aliphatic heterocycles. The number of hydroxylamine groups is 1. The summed E-state index contributed by atoms with van der Waals surface area (Å²) in [5.74, 6) is 0.175. The second-order valence-corrected chi connectivity index (χ2v) is 6.49. The molecule has 3 N–H and O–H groups in total. The van der Waals surface area contributed by atoms with E-state index in [2.05, 4.69) is 10.3 Å². The first kappa shape index (κ1) is 16.6. The highest BCUT2D eigenvalue weighted by Crippen LogP contribution is 2.39. The van der Waals surface area contributed by atoms with Crippen LogP contribution < -0.4 is 15.7 Å². The van der Waals surface area contributed by atoms with Crippen molar-refractivity contribution in [2.45, 2.75) is 25.7 Å². The SMILES string of the molecule is O=C(/C=C/c1ccc(N2CC3(CCNCC3)CCC2=O)nc1)NO. The molecule has 7 nitrogen and oxygen atoms in total. The van der Waals surface area contributed by atoms with E-state index in [9.17, 15) is 9.59 Å². The Morgan fingerprint density at radius 2 is 2.12 bits per heavy atom. The zero-order valence-corrected chi connectivity index (χ0v) is 13.5. The number of piperidine rings is 2. The lowest BCUT2D eigenvalue weighted by molar-refractivity contribution is -0.124. The van der Waals surface area contributed by atoms with Crippen molar-refractivity contribution in [2.24, 2.45) is 5.41 Å². The summed E-state index contributed by atoms with van der Waals surface area (Å²) in [7, 11) is 0. The summed E-state index contributed by atoms with van der Waals surface area (Å²) in [6.45, 7) is 2.74. The van der Waals surface area contributed by atoms with Gasteiger partial charge in [-0.2, -0.15) is 0 Å². The summed E-state index contributed by atoms with van der Waals surface area (Å²) in [6, 6.07) is 3.61. The maximum absolute atomic E-state index is 12.3. The van der Waals surface area contributed by atoms with Crippen LogP contribution in [0.5, 0.6) is 0 Å². The zero-order chi connectivity index (χ0) is 17.0. The van der Waals surface area contributed by atoms with Gasteiger partial charge in [-0.05, 0) is 61.5 Å². The number of nitrogens with one attached hydrogen (secondary N) is 2. The van der Waals surface area contributed by atoms with Gasteiger partial charge in [0.15, 0.2) is 0 Å². The minimum absolute atomic E-state index is 0.120. The van der Waals surface area contributed by atoms with Gasteiger partial charge in [0, 0.05) is 25.2 Å². The van der Waals surface area contributed by atoms with E-state index < -0.39 is 5.91 Å². The van der Waals surface area contributed by atoms with Crippen LogP contribution in [0, 0.1) is 5.41 Å². The van der Waals surface area contributed by atoms with Gasteiger partial charge in [-0.1, -0.05) is 0 Å². The van der Waals surface area contributed by atoms with Gasteiger partial charge in [0.05, 0.1) is 0 Å².